The number of hydrogen-bond acceptors (Lipinski definition) is 1. The molecule has 0 aliphatic heterocycles. The lowest BCUT2D eigenvalue weighted by Crippen LogP contribution is -2.27. The smallest absolute Gasteiger partial charge is 0.129 e. The zero-order chi connectivity index (χ0) is 12.2. The fraction of sp³-hybridized carbons (Fsp3) is 0.538. The van der Waals surface area contributed by atoms with Crippen LogP contribution in [0.25, 0.3) is 0 Å². The van der Waals surface area contributed by atoms with Crippen molar-refractivity contribution in [1.82, 2.24) is 5.32 Å². The van der Waals surface area contributed by atoms with Gasteiger partial charge in [-0.05, 0) is 37.1 Å². The molecular formula is C13H19F2N. The van der Waals surface area contributed by atoms with Gasteiger partial charge in [0.05, 0.1) is 0 Å². The molecule has 0 amide bonds. The fourth-order valence-corrected chi connectivity index (χ4v) is 1.85. The van der Waals surface area contributed by atoms with E-state index in [1.54, 1.807) is 0 Å². The Labute approximate surface area is 95.9 Å². The highest BCUT2D eigenvalue weighted by Gasteiger charge is 2.26. The van der Waals surface area contributed by atoms with E-state index in [1.165, 1.54) is 18.2 Å². The second-order valence-electron chi connectivity index (χ2n) is 4.58. The Kier molecular flexibility index (Phi) is 4.42. The fourth-order valence-electron chi connectivity index (χ4n) is 1.85. The van der Waals surface area contributed by atoms with E-state index in [4.69, 9.17) is 0 Å². The Bertz CT molecular complexity index is 328. The highest BCUT2D eigenvalue weighted by atomic mass is 19.1. The minimum Gasteiger partial charge on any atom is -0.317 e. The van der Waals surface area contributed by atoms with Crippen LogP contribution in [-0.4, -0.2) is 13.1 Å². The molecule has 0 bridgehead atoms. The lowest BCUT2D eigenvalue weighted by molar-refractivity contribution is 0.411. The molecule has 1 aromatic carbocycles. The van der Waals surface area contributed by atoms with Crippen LogP contribution in [0.2, 0.25) is 0 Å². The minimum atomic E-state index is -0.488. The van der Waals surface area contributed by atoms with Crippen LogP contribution >= 0.6 is 0 Å². The van der Waals surface area contributed by atoms with Gasteiger partial charge < -0.3 is 5.32 Å². The summed E-state index contributed by atoms with van der Waals surface area (Å²) in [6.07, 6.45) is 0.707. The first kappa shape index (κ1) is 13.1. The van der Waals surface area contributed by atoms with Crippen molar-refractivity contribution in [3.63, 3.8) is 0 Å². The van der Waals surface area contributed by atoms with E-state index in [2.05, 4.69) is 5.32 Å². The second kappa shape index (κ2) is 5.39. The Morgan fingerprint density at radius 2 is 1.75 bits per heavy atom. The van der Waals surface area contributed by atoms with E-state index in [1.807, 2.05) is 20.8 Å². The monoisotopic (exact) mass is 227 g/mol. The van der Waals surface area contributed by atoms with Gasteiger partial charge in [-0.15, -0.1) is 0 Å². The third-order valence-electron chi connectivity index (χ3n) is 2.82. The lowest BCUT2D eigenvalue weighted by atomic mass is 9.81. The van der Waals surface area contributed by atoms with Crippen molar-refractivity contribution in [3.8, 4) is 0 Å². The van der Waals surface area contributed by atoms with Crippen molar-refractivity contribution < 1.29 is 8.78 Å². The summed E-state index contributed by atoms with van der Waals surface area (Å²) in [6.45, 7) is 7.38. The quantitative estimate of drug-likeness (QED) is 0.761. The van der Waals surface area contributed by atoms with Crippen molar-refractivity contribution in [2.45, 2.75) is 32.6 Å². The third-order valence-corrected chi connectivity index (χ3v) is 2.82. The first-order chi connectivity index (χ1) is 7.49. The molecule has 16 heavy (non-hydrogen) atoms. The van der Waals surface area contributed by atoms with Crippen LogP contribution in [0.15, 0.2) is 18.2 Å². The molecule has 0 aliphatic carbocycles. The number of hydrogen-bond donors (Lipinski definition) is 1. The van der Waals surface area contributed by atoms with Gasteiger partial charge in [0, 0.05) is 5.56 Å². The Morgan fingerprint density at radius 1 is 1.19 bits per heavy atom. The van der Waals surface area contributed by atoms with Crippen molar-refractivity contribution in [1.29, 1.82) is 0 Å². The molecule has 0 saturated heterocycles. The molecule has 0 aromatic heterocycles. The van der Waals surface area contributed by atoms with Crippen molar-refractivity contribution in [3.05, 3.63) is 35.4 Å². The SMILES string of the molecule is CCNCCC(C)(C)c1c(F)cccc1F. The number of halogens is 2. The summed E-state index contributed by atoms with van der Waals surface area (Å²) in [7, 11) is 0. The molecule has 0 fully saturated rings. The van der Waals surface area contributed by atoms with Gasteiger partial charge >= 0.3 is 0 Å². The molecule has 90 valence electrons. The molecule has 1 nitrogen and oxygen atoms in total. The highest BCUT2D eigenvalue weighted by Crippen LogP contribution is 2.30. The van der Waals surface area contributed by atoms with Crippen molar-refractivity contribution in [2.24, 2.45) is 0 Å². The maximum absolute atomic E-state index is 13.6. The van der Waals surface area contributed by atoms with Crippen molar-refractivity contribution in [2.75, 3.05) is 13.1 Å². The van der Waals surface area contributed by atoms with Gasteiger partial charge in [-0.1, -0.05) is 26.8 Å². The normalized spacial score (nSPS) is 11.8. The van der Waals surface area contributed by atoms with Gasteiger partial charge in [0.15, 0.2) is 0 Å². The van der Waals surface area contributed by atoms with Gasteiger partial charge in [-0.25, -0.2) is 8.78 Å². The molecule has 0 aliphatic rings. The second-order valence-corrected chi connectivity index (χ2v) is 4.58. The minimum absolute atomic E-state index is 0.188. The average Bonchev–Trinajstić information content (AvgIpc) is 2.17. The van der Waals surface area contributed by atoms with Gasteiger partial charge in [0.2, 0.25) is 0 Å². The lowest BCUT2D eigenvalue weighted by Gasteiger charge is -2.26. The Hall–Kier alpha value is -0.960. The average molecular weight is 227 g/mol. The molecule has 3 heteroatoms. The number of benzene rings is 1. The molecule has 0 heterocycles. The molecule has 0 unspecified atom stereocenters. The molecule has 0 spiro atoms. The molecule has 1 aromatic rings. The summed E-state index contributed by atoms with van der Waals surface area (Å²) in [4.78, 5) is 0. The Balaban J connectivity index is 2.88. The zero-order valence-electron chi connectivity index (χ0n) is 10.1. The zero-order valence-corrected chi connectivity index (χ0v) is 10.1. The molecule has 0 saturated carbocycles. The van der Waals surface area contributed by atoms with E-state index in [-0.39, 0.29) is 5.56 Å². The predicted molar refractivity (Wildman–Crippen MR) is 62.5 cm³/mol. The summed E-state index contributed by atoms with van der Waals surface area (Å²) < 4.78 is 27.2. The summed E-state index contributed by atoms with van der Waals surface area (Å²) in [5, 5.41) is 3.17. The van der Waals surface area contributed by atoms with E-state index in [0.29, 0.717) is 6.42 Å². The molecule has 0 radical (unpaired) electrons. The summed E-state index contributed by atoms with van der Waals surface area (Å²) in [5.74, 6) is -0.914. The first-order valence-electron chi connectivity index (χ1n) is 5.64. The van der Waals surface area contributed by atoms with Gasteiger partial charge in [0.1, 0.15) is 11.6 Å². The first-order valence-corrected chi connectivity index (χ1v) is 5.64. The molecule has 1 N–H and O–H groups in total. The van der Waals surface area contributed by atoms with E-state index in [0.717, 1.165) is 13.1 Å². The molecule has 0 atom stereocenters. The maximum atomic E-state index is 13.6. The predicted octanol–water partition coefficient (Wildman–Crippen LogP) is 3.24. The van der Waals surface area contributed by atoms with E-state index < -0.39 is 17.0 Å². The van der Waals surface area contributed by atoms with Crippen LogP contribution in [-0.2, 0) is 5.41 Å². The third kappa shape index (κ3) is 3.01. The number of nitrogens with one attached hydrogen (secondary N) is 1. The number of rotatable bonds is 5. The molecule has 1 rings (SSSR count). The summed E-state index contributed by atoms with van der Waals surface area (Å²) in [6, 6.07) is 4.02. The molecular weight excluding hydrogens is 208 g/mol. The van der Waals surface area contributed by atoms with Gasteiger partial charge in [-0.2, -0.15) is 0 Å². The van der Waals surface area contributed by atoms with Crippen molar-refractivity contribution >= 4 is 0 Å². The standard InChI is InChI=1S/C13H19F2N/c1-4-16-9-8-13(2,3)12-10(14)6-5-7-11(12)15/h5-7,16H,4,8-9H2,1-3H3. The Morgan fingerprint density at radius 3 is 2.25 bits per heavy atom. The van der Waals surface area contributed by atoms with Crippen LogP contribution in [0.3, 0.4) is 0 Å². The summed E-state index contributed by atoms with van der Waals surface area (Å²) >= 11 is 0. The van der Waals surface area contributed by atoms with Crippen LogP contribution in [0, 0.1) is 11.6 Å². The van der Waals surface area contributed by atoms with E-state index in [9.17, 15) is 8.78 Å². The highest BCUT2D eigenvalue weighted by molar-refractivity contribution is 5.27. The topological polar surface area (TPSA) is 12.0 Å². The van der Waals surface area contributed by atoms with Gasteiger partial charge in [-0.3, -0.25) is 0 Å². The van der Waals surface area contributed by atoms with E-state index >= 15 is 0 Å². The van der Waals surface area contributed by atoms with Crippen LogP contribution < -0.4 is 5.32 Å². The largest absolute Gasteiger partial charge is 0.317 e. The van der Waals surface area contributed by atoms with Crippen LogP contribution in [0.4, 0.5) is 8.78 Å². The van der Waals surface area contributed by atoms with Crippen LogP contribution in [0.1, 0.15) is 32.8 Å². The summed E-state index contributed by atoms with van der Waals surface area (Å²) in [5.41, 5.74) is -0.301. The van der Waals surface area contributed by atoms with Gasteiger partial charge in [0.25, 0.3) is 0 Å². The maximum Gasteiger partial charge on any atom is 0.129 e. The van der Waals surface area contributed by atoms with Crippen LogP contribution in [0.5, 0.6) is 0 Å².